The predicted octanol–water partition coefficient (Wildman–Crippen LogP) is 3.68. The van der Waals surface area contributed by atoms with Crippen molar-refractivity contribution >= 4 is 17.3 Å². The van der Waals surface area contributed by atoms with Crippen molar-refractivity contribution in [1.29, 1.82) is 0 Å². The van der Waals surface area contributed by atoms with Crippen LogP contribution in [0.25, 0.3) is 0 Å². The Morgan fingerprint density at radius 1 is 1.47 bits per heavy atom. The zero-order chi connectivity index (χ0) is 11.3. The third-order valence-corrected chi connectivity index (χ3v) is 2.87. The summed E-state index contributed by atoms with van der Waals surface area (Å²) in [5, 5.41) is 4.18. The van der Waals surface area contributed by atoms with Gasteiger partial charge in [-0.3, -0.25) is 4.98 Å². The minimum absolute atomic E-state index is 0.868. The number of aryl methyl sites for hydroxylation is 2. The smallest absolute Gasteiger partial charge is 0.0751 e. The van der Waals surface area contributed by atoms with E-state index in [1.807, 2.05) is 20.0 Å². The lowest BCUT2D eigenvalue weighted by molar-refractivity contribution is 0.798. The lowest BCUT2D eigenvalue weighted by Gasteiger charge is -2.19. The first kappa shape index (κ1) is 12.3. The third kappa shape index (κ3) is 2.63. The summed E-state index contributed by atoms with van der Waals surface area (Å²) >= 11 is 6.22. The molecule has 0 atom stereocenters. The second-order valence-electron chi connectivity index (χ2n) is 3.30. The molecule has 0 saturated carbocycles. The van der Waals surface area contributed by atoms with Crippen LogP contribution in [0.4, 0.5) is 5.69 Å². The fourth-order valence-electron chi connectivity index (χ4n) is 1.65. The van der Waals surface area contributed by atoms with E-state index in [4.69, 9.17) is 11.6 Å². The van der Waals surface area contributed by atoms with E-state index in [9.17, 15) is 0 Å². The second-order valence-corrected chi connectivity index (χ2v) is 3.68. The van der Waals surface area contributed by atoms with Crippen molar-refractivity contribution in [2.24, 2.45) is 0 Å². The second kappa shape index (κ2) is 5.96. The maximum atomic E-state index is 6.22. The molecular formula is C12H19ClN2. The van der Waals surface area contributed by atoms with E-state index >= 15 is 0 Å². The molecule has 0 saturated heterocycles. The number of halogens is 1. The molecule has 0 fully saturated rings. The molecule has 3 heteroatoms. The normalized spacial score (nSPS) is 13.3. The number of hydrogen-bond acceptors (Lipinski definition) is 2. The van der Waals surface area contributed by atoms with Gasteiger partial charge in [-0.15, -0.1) is 0 Å². The summed E-state index contributed by atoms with van der Waals surface area (Å²) in [6, 6.07) is 0. The molecule has 0 aliphatic carbocycles. The van der Waals surface area contributed by atoms with Crippen molar-refractivity contribution in [1.82, 2.24) is 4.98 Å². The Labute approximate surface area is 97.1 Å². The number of nitrogens with one attached hydrogen (secondary N) is 1. The highest BCUT2D eigenvalue weighted by atomic mass is 35.5. The highest BCUT2D eigenvalue weighted by Gasteiger charge is 2.14. The zero-order valence-electron chi connectivity index (χ0n) is 9.73. The van der Waals surface area contributed by atoms with E-state index in [0.717, 1.165) is 47.8 Å². The number of anilines is 1. The summed E-state index contributed by atoms with van der Waals surface area (Å²) in [6.07, 6.45) is 5.04. The Hall–Kier alpha value is -0.760. The van der Waals surface area contributed by atoms with Gasteiger partial charge in [0.1, 0.15) is 0 Å². The molecule has 84 valence electrons. The molecule has 0 spiro atoms. The lowest BCUT2D eigenvalue weighted by atomic mass is 10.1. The molecule has 2 rings (SSSR count). The summed E-state index contributed by atoms with van der Waals surface area (Å²) in [5.41, 5.74) is 3.32. The van der Waals surface area contributed by atoms with Crippen LogP contribution in [0.2, 0.25) is 5.02 Å². The number of fused-ring (bicyclic) bond motifs is 1. The Bertz CT molecular complexity index is 324. The van der Waals surface area contributed by atoms with Crippen LogP contribution in [-0.2, 0) is 12.8 Å². The highest BCUT2D eigenvalue weighted by Crippen LogP contribution is 2.31. The molecule has 1 N–H and O–H groups in total. The van der Waals surface area contributed by atoms with Crippen molar-refractivity contribution in [2.75, 3.05) is 11.9 Å². The minimum Gasteiger partial charge on any atom is -0.382 e. The topological polar surface area (TPSA) is 24.9 Å². The van der Waals surface area contributed by atoms with E-state index in [2.05, 4.69) is 17.2 Å². The molecule has 1 aromatic heterocycles. The Morgan fingerprint density at radius 2 is 2.20 bits per heavy atom. The van der Waals surface area contributed by atoms with Crippen molar-refractivity contribution in [3.05, 3.63) is 22.5 Å². The lowest BCUT2D eigenvalue weighted by Crippen LogP contribution is -2.14. The van der Waals surface area contributed by atoms with E-state index in [1.54, 1.807) is 0 Å². The zero-order valence-corrected chi connectivity index (χ0v) is 10.5. The minimum atomic E-state index is 0.868. The molecule has 2 nitrogen and oxygen atoms in total. The maximum Gasteiger partial charge on any atom is 0.0751 e. The summed E-state index contributed by atoms with van der Waals surface area (Å²) in [6.45, 7) is 7.11. The molecule has 0 bridgehead atoms. The highest BCUT2D eigenvalue weighted by molar-refractivity contribution is 6.34. The molecule has 2 heterocycles. The van der Waals surface area contributed by atoms with Gasteiger partial charge in [-0.2, -0.15) is 0 Å². The van der Waals surface area contributed by atoms with Crippen LogP contribution in [0, 0.1) is 0 Å². The van der Waals surface area contributed by atoms with Gasteiger partial charge in [0.15, 0.2) is 0 Å². The fourth-order valence-corrected chi connectivity index (χ4v) is 2.01. The number of pyridine rings is 1. The molecular weight excluding hydrogens is 208 g/mol. The van der Waals surface area contributed by atoms with Crippen molar-refractivity contribution in [3.63, 3.8) is 0 Å². The van der Waals surface area contributed by atoms with Crippen LogP contribution >= 0.6 is 11.6 Å². The number of aromatic nitrogens is 1. The van der Waals surface area contributed by atoms with Crippen LogP contribution in [-0.4, -0.2) is 11.5 Å². The van der Waals surface area contributed by atoms with Gasteiger partial charge in [-0.05, 0) is 24.8 Å². The summed E-state index contributed by atoms with van der Waals surface area (Å²) in [4.78, 5) is 4.40. The molecule has 1 aliphatic rings. The van der Waals surface area contributed by atoms with E-state index in [0.29, 0.717) is 0 Å². The Kier molecular flexibility index (Phi) is 4.89. The van der Waals surface area contributed by atoms with Gasteiger partial charge in [0.2, 0.25) is 0 Å². The molecule has 15 heavy (non-hydrogen) atoms. The van der Waals surface area contributed by atoms with Gasteiger partial charge in [0, 0.05) is 12.7 Å². The van der Waals surface area contributed by atoms with Crippen molar-refractivity contribution in [2.45, 2.75) is 40.0 Å². The predicted molar refractivity (Wildman–Crippen MR) is 66.8 cm³/mol. The van der Waals surface area contributed by atoms with Gasteiger partial charge in [-0.1, -0.05) is 32.4 Å². The van der Waals surface area contributed by atoms with Gasteiger partial charge in [0.05, 0.1) is 16.4 Å². The Morgan fingerprint density at radius 3 is 2.87 bits per heavy atom. The SMILES string of the molecule is CC.CCc1cnc2c(c1Cl)NCCC2. The molecule has 0 amide bonds. The van der Waals surface area contributed by atoms with E-state index < -0.39 is 0 Å². The van der Waals surface area contributed by atoms with E-state index in [-0.39, 0.29) is 0 Å². The monoisotopic (exact) mass is 226 g/mol. The summed E-state index contributed by atoms with van der Waals surface area (Å²) in [5.74, 6) is 0. The largest absolute Gasteiger partial charge is 0.382 e. The van der Waals surface area contributed by atoms with Gasteiger partial charge < -0.3 is 5.32 Å². The van der Waals surface area contributed by atoms with Crippen LogP contribution in [0.5, 0.6) is 0 Å². The average Bonchev–Trinajstić information content (AvgIpc) is 2.33. The van der Waals surface area contributed by atoms with Gasteiger partial charge >= 0.3 is 0 Å². The van der Waals surface area contributed by atoms with Crippen LogP contribution < -0.4 is 5.32 Å². The molecule has 0 unspecified atom stereocenters. The quantitative estimate of drug-likeness (QED) is 0.790. The fraction of sp³-hybridized carbons (Fsp3) is 0.583. The number of nitrogens with zero attached hydrogens (tertiary/aromatic N) is 1. The first-order valence-electron chi connectivity index (χ1n) is 5.73. The van der Waals surface area contributed by atoms with Gasteiger partial charge in [0.25, 0.3) is 0 Å². The molecule has 1 aromatic rings. The van der Waals surface area contributed by atoms with Crippen molar-refractivity contribution in [3.8, 4) is 0 Å². The molecule has 0 aromatic carbocycles. The van der Waals surface area contributed by atoms with Crippen LogP contribution in [0.3, 0.4) is 0 Å². The molecule has 1 aliphatic heterocycles. The summed E-state index contributed by atoms with van der Waals surface area (Å²) in [7, 11) is 0. The number of hydrogen-bond donors (Lipinski definition) is 1. The standard InChI is InChI=1S/C10H13ClN2.C2H6/c1-2-7-6-13-8-4-3-5-12-10(8)9(7)11;1-2/h6,12H,2-5H2,1H3;1-2H3. The first-order chi connectivity index (χ1) is 7.33. The van der Waals surface area contributed by atoms with Crippen LogP contribution in [0.1, 0.15) is 38.4 Å². The van der Waals surface area contributed by atoms with E-state index in [1.165, 1.54) is 0 Å². The average molecular weight is 227 g/mol. The number of rotatable bonds is 1. The maximum absolute atomic E-state index is 6.22. The van der Waals surface area contributed by atoms with Crippen LogP contribution in [0.15, 0.2) is 6.20 Å². The molecule has 0 radical (unpaired) electrons. The Balaban J connectivity index is 0.000000531. The van der Waals surface area contributed by atoms with Crippen molar-refractivity contribution < 1.29 is 0 Å². The first-order valence-corrected chi connectivity index (χ1v) is 6.11. The van der Waals surface area contributed by atoms with Gasteiger partial charge in [-0.25, -0.2) is 0 Å². The third-order valence-electron chi connectivity index (χ3n) is 2.44. The summed E-state index contributed by atoms with van der Waals surface area (Å²) < 4.78 is 0.